The van der Waals surface area contributed by atoms with Crippen molar-refractivity contribution in [1.29, 1.82) is 0 Å². The Hall–Kier alpha value is -1.68. The van der Waals surface area contributed by atoms with E-state index in [2.05, 4.69) is 21.2 Å². The van der Waals surface area contributed by atoms with Crippen LogP contribution in [0.3, 0.4) is 0 Å². The first-order chi connectivity index (χ1) is 9.01. The van der Waals surface area contributed by atoms with Crippen LogP contribution in [0.1, 0.15) is 11.1 Å². The lowest BCUT2D eigenvalue weighted by Gasteiger charge is -2.14. The first-order valence-corrected chi connectivity index (χ1v) is 6.78. The first kappa shape index (κ1) is 13.7. The molecule has 0 atom stereocenters. The molecule has 0 aliphatic rings. The van der Waals surface area contributed by atoms with Crippen molar-refractivity contribution in [3.05, 3.63) is 45.9 Å². The number of ether oxygens (including phenoxy) is 1. The van der Waals surface area contributed by atoms with Crippen LogP contribution in [-0.2, 0) is 0 Å². The minimum Gasteiger partial charge on any atom is -0.497 e. The van der Waals surface area contributed by atoms with Gasteiger partial charge >= 0.3 is 0 Å². The van der Waals surface area contributed by atoms with Gasteiger partial charge in [0.25, 0.3) is 0 Å². The minimum absolute atomic E-state index is 0.781. The number of anilines is 3. The number of nitrogens with two attached hydrogens (primary N) is 1. The fourth-order valence-corrected chi connectivity index (χ4v) is 2.30. The summed E-state index contributed by atoms with van der Waals surface area (Å²) in [4.78, 5) is 0. The van der Waals surface area contributed by atoms with E-state index in [1.54, 1.807) is 7.11 Å². The Morgan fingerprint density at radius 1 is 1.05 bits per heavy atom. The van der Waals surface area contributed by atoms with Crippen molar-refractivity contribution < 1.29 is 4.74 Å². The summed E-state index contributed by atoms with van der Waals surface area (Å²) >= 11 is 3.52. The molecule has 0 fully saturated rings. The topological polar surface area (TPSA) is 47.3 Å². The van der Waals surface area contributed by atoms with Gasteiger partial charge in [-0.25, -0.2) is 0 Å². The zero-order chi connectivity index (χ0) is 14.0. The van der Waals surface area contributed by atoms with Gasteiger partial charge < -0.3 is 15.8 Å². The highest BCUT2D eigenvalue weighted by Crippen LogP contribution is 2.32. The van der Waals surface area contributed by atoms with Gasteiger partial charge in [0.2, 0.25) is 0 Å². The predicted molar refractivity (Wildman–Crippen MR) is 84.3 cm³/mol. The van der Waals surface area contributed by atoms with E-state index >= 15 is 0 Å². The first-order valence-electron chi connectivity index (χ1n) is 5.98. The molecule has 3 N–H and O–H groups in total. The zero-order valence-electron chi connectivity index (χ0n) is 11.3. The molecule has 0 amide bonds. The Morgan fingerprint density at radius 2 is 1.79 bits per heavy atom. The van der Waals surface area contributed by atoms with Gasteiger partial charge in [0.1, 0.15) is 5.75 Å². The van der Waals surface area contributed by atoms with Crippen molar-refractivity contribution in [2.75, 3.05) is 18.2 Å². The van der Waals surface area contributed by atoms with Crippen molar-refractivity contribution in [2.45, 2.75) is 13.8 Å². The van der Waals surface area contributed by atoms with Crippen molar-refractivity contribution in [3.8, 4) is 5.75 Å². The van der Waals surface area contributed by atoms with Gasteiger partial charge in [-0.2, -0.15) is 0 Å². The zero-order valence-corrected chi connectivity index (χ0v) is 12.8. The maximum absolute atomic E-state index is 5.88. The predicted octanol–water partition coefficient (Wildman–Crippen LogP) is 4.40. The maximum atomic E-state index is 5.88. The monoisotopic (exact) mass is 320 g/mol. The van der Waals surface area contributed by atoms with Crippen molar-refractivity contribution >= 4 is 33.0 Å². The highest BCUT2D eigenvalue weighted by molar-refractivity contribution is 9.10. The number of benzene rings is 2. The summed E-state index contributed by atoms with van der Waals surface area (Å²) in [6, 6.07) is 9.89. The third-order valence-corrected chi connectivity index (χ3v) is 3.71. The molecule has 4 heteroatoms. The Kier molecular flexibility index (Phi) is 4.00. The molecule has 2 aromatic rings. The lowest BCUT2D eigenvalue weighted by Crippen LogP contribution is -1.97. The number of halogens is 1. The van der Waals surface area contributed by atoms with E-state index in [0.29, 0.717) is 0 Å². The van der Waals surface area contributed by atoms with Crippen molar-refractivity contribution in [1.82, 2.24) is 0 Å². The quantitative estimate of drug-likeness (QED) is 0.824. The van der Waals surface area contributed by atoms with Crippen LogP contribution in [0, 0.1) is 13.8 Å². The average molecular weight is 321 g/mol. The summed E-state index contributed by atoms with van der Waals surface area (Å²) < 4.78 is 6.16. The Morgan fingerprint density at radius 3 is 2.42 bits per heavy atom. The molecule has 100 valence electrons. The average Bonchev–Trinajstić information content (AvgIpc) is 2.38. The van der Waals surface area contributed by atoms with Gasteiger partial charge in [-0.05, 0) is 71.2 Å². The second kappa shape index (κ2) is 5.53. The van der Waals surface area contributed by atoms with Crippen LogP contribution in [0.2, 0.25) is 0 Å². The fourth-order valence-electron chi connectivity index (χ4n) is 1.84. The van der Waals surface area contributed by atoms with Gasteiger partial charge in [0.15, 0.2) is 0 Å². The van der Waals surface area contributed by atoms with Crippen molar-refractivity contribution in [2.24, 2.45) is 0 Å². The van der Waals surface area contributed by atoms with E-state index in [0.717, 1.165) is 38.4 Å². The lowest BCUT2D eigenvalue weighted by molar-refractivity contribution is 0.414. The molecule has 2 aromatic carbocycles. The van der Waals surface area contributed by atoms with E-state index in [-0.39, 0.29) is 0 Å². The highest BCUT2D eigenvalue weighted by Gasteiger charge is 2.06. The Labute approximate surface area is 121 Å². The largest absolute Gasteiger partial charge is 0.497 e. The second-order valence-corrected chi connectivity index (χ2v) is 5.35. The number of hydrogen-bond donors (Lipinski definition) is 2. The maximum Gasteiger partial charge on any atom is 0.119 e. The van der Waals surface area contributed by atoms with Crippen LogP contribution in [-0.4, -0.2) is 7.11 Å². The standard InChI is InChI=1S/C15H17BrN2O/c1-9-7-15(12(16)8-13(9)17)18-14-5-4-11(19-3)6-10(14)2/h4-8,18H,17H2,1-3H3. The summed E-state index contributed by atoms with van der Waals surface area (Å²) in [6.45, 7) is 4.04. The minimum atomic E-state index is 0.781. The van der Waals surface area contributed by atoms with Crippen LogP contribution in [0.4, 0.5) is 17.1 Å². The number of nitrogen functional groups attached to an aromatic ring is 1. The van der Waals surface area contributed by atoms with Crippen molar-refractivity contribution in [3.63, 3.8) is 0 Å². The molecule has 0 aliphatic carbocycles. The number of hydrogen-bond acceptors (Lipinski definition) is 3. The van der Waals surface area contributed by atoms with Gasteiger partial charge in [0.05, 0.1) is 12.8 Å². The molecule has 3 nitrogen and oxygen atoms in total. The summed E-state index contributed by atoms with van der Waals surface area (Å²) in [5.74, 6) is 0.857. The van der Waals surface area contributed by atoms with Crippen LogP contribution < -0.4 is 15.8 Å². The highest BCUT2D eigenvalue weighted by atomic mass is 79.9. The summed E-state index contributed by atoms with van der Waals surface area (Å²) in [6.07, 6.45) is 0. The normalized spacial score (nSPS) is 10.3. The summed E-state index contributed by atoms with van der Waals surface area (Å²) in [5.41, 5.74) is 10.9. The molecular formula is C15H17BrN2O. The fraction of sp³-hybridized carbons (Fsp3) is 0.200. The molecule has 0 radical (unpaired) electrons. The number of aryl methyl sites for hydroxylation is 2. The van der Waals surface area contributed by atoms with Crippen LogP contribution in [0.25, 0.3) is 0 Å². The molecule has 2 rings (SSSR count). The number of methoxy groups -OCH3 is 1. The van der Waals surface area contributed by atoms with Crippen LogP contribution in [0.15, 0.2) is 34.8 Å². The number of rotatable bonds is 3. The second-order valence-electron chi connectivity index (χ2n) is 4.49. The molecule has 0 heterocycles. The van der Waals surface area contributed by atoms with Gasteiger partial charge in [-0.15, -0.1) is 0 Å². The SMILES string of the molecule is COc1ccc(Nc2cc(C)c(N)cc2Br)c(C)c1. The molecule has 0 aromatic heterocycles. The van der Waals surface area contributed by atoms with Crippen LogP contribution in [0.5, 0.6) is 5.75 Å². The molecule has 0 spiro atoms. The molecule has 0 aliphatic heterocycles. The molecule has 0 saturated carbocycles. The molecule has 0 bridgehead atoms. The van der Waals surface area contributed by atoms with E-state index in [9.17, 15) is 0 Å². The van der Waals surface area contributed by atoms with E-state index in [4.69, 9.17) is 10.5 Å². The lowest BCUT2D eigenvalue weighted by atomic mass is 10.1. The Bertz CT molecular complexity index is 611. The smallest absolute Gasteiger partial charge is 0.119 e. The Balaban J connectivity index is 2.33. The van der Waals surface area contributed by atoms with E-state index in [1.165, 1.54) is 0 Å². The van der Waals surface area contributed by atoms with Gasteiger partial charge in [-0.1, -0.05) is 0 Å². The summed E-state index contributed by atoms with van der Waals surface area (Å²) in [5, 5.41) is 3.40. The van der Waals surface area contributed by atoms with E-state index in [1.807, 2.05) is 44.2 Å². The molecular weight excluding hydrogens is 304 g/mol. The third kappa shape index (κ3) is 3.01. The molecule has 19 heavy (non-hydrogen) atoms. The van der Waals surface area contributed by atoms with Gasteiger partial charge in [0, 0.05) is 15.8 Å². The van der Waals surface area contributed by atoms with E-state index < -0.39 is 0 Å². The summed E-state index contributed by atoms with van der Waals surface area (Å²) in [7, 11) is 1.67. The number of nitrogens with one attached hydrogen (secondary N) is 1. The van der Waals surface area contributed by atoms with Crippen LogP contribution >= 0.6 is 15.9 Å². The molecule has 0 unspecified atom stereocenters. The molecule has 0 saturated heterocycles. The van der Waals surface area contributed by atoms with Gasteiger partial charge in [-0.3, -0.25) is 0 Å². The third-order valence-electron chi connectivity index (χ3n) is 3.06.